The van der Waals surface area contributed by atoms with Gasteiger partial charge in [-0.05, 0) is 37.1 Å². The highest BCUT2D eigenvalue weighted by Gasteiger charge is 2.13. The molecule has 2 nitrogen and oxygen atoms in total. The van der Waals surface area contributed by atoms with E-state index in [9.17, 15) is 0 Å². The maximum Gasteiger partial charge on any atom is 0.107 e. The molecule has 1 atom stereocenters. The third kappa shape index (κ3) is 2.74. The summed E-state index contributed by atoms with van der Waals surface area (Å²) in [4.78, 5) is 0. The fraction of sp³-hybridized carbons (Fsp3) is 0.286. The predicted octanol–water partition coefficient (Wildman–Crippen LogP) is 2.95. The van der Waals surface area contributed by atoms with Crippen LogP contribution in [0.1, 0.15) is 23.7 Å². The van der Waals surface area contributed by atoms with Crippen molar-refractivity contribution in [2.45, 2.75) is 18.8 Å². The number of benzene rings is 1. The summed E-state index contributed by atoms with van der Waals surface area (Å²) < 4.78 is 5.46. The van der Waals surface area contributed by atoms with E-state index in [0.29, 0.717) is 12.5 Å². The Morgan fingerprint density at radius 3 is 2.50 bits per heavy atom. The van der Waals surface area contributed by atoms with Crippen LogP contribution in [0.5, 0.6) is 0 Å². The standard InChI is InChI=1S/C14H17NO/c15-9-8-13(14-7-4-10-16-14)11-12-5-2-1-3-6-12/h1-7,10,13H,8-9,11,15H2/t13-/m1/s1. The molecule has 84 valence electrons. The first-order valence-electron chi connectivity index (χ1n) is 5.67. The number of nitrogens with two attached hydrogens (primary N) is 1. The molecule has 0 saturated heterocycles. The zero-order valence-corrected chi connectivity index (χ0v) is 9.30. The minimum Gasteiger partial charge on any atom is -0.469 e. The molecule has 0 saturated carbocycles. The normalized spacial score (nSPS) is 12.6. The highest BCUT2D eigenvalue weighted by molar-refractivity contribution is 5.18. The van der Waals surface area contributed by atoms with E-state index in [1.807, 2.05) is 18.2 Å². The van der Waals surface area contributed by atoms with Gasteiger partial charge >= 0.3 is 0 Å². The van der Waals surface area contributed by atoms with Gasteiger partial charge in [-0.15, -0.1) is 0 Å². The van der Waals surface area contributed by atoms with Gasteiger partial charge in [0, 0.05) is 5.92 Å². The van der Waals surface area contributed by atoms with Crippen molar-refractivity contribution in [3.8, 4) is 0 Å². The van der Waals surface area contributed by atoms with Gasteiger partial charge in [-0.3, -0.25) is 0 Å². The summed E-state index contributed by atoms with van der Waals surface area (Å²) in [5.41, 5.74) is 6.98. The minimum atomic E-state index is 0.391. The molecule has 2 rings (SSSR count). The van der Waals surface area contributed by atoms with Gasteiger partial charge in [-0.2, -0.15) is 0 Å². The van der Waals surface area contributed by atoms with Gasteiger partial charge in [0.1, 0.15) is 5.76 Å². The smallest absolute Gasteiger partial charge is 0.107 e. The van der Waals surface area contributed by atoms with Crippen molar-refractivity contribution in [3.63, 3.8) is 0 Å². The summed E-state index contributed by atoms with van der Waals surface area (Å²) in [6.45, 7) is 0.693. The Morgan fingerprint density at radius 2 is 1.88 bits per heavy atom. The summed E-state index contributed by atoms with van der Waals surface area (Å²) in [7, 11) is 0. The number of rotatable bonds is 5. The minimum absolute atomic E-state index is 0.391. The average molecular weight is 215 g/mol. The lowest BCUT2D eigenvalue weighted by molar-refractivity contribution is 0.446. The third-order valence-electron chi connectivity index (χ3n) is 2.79. The molecule has 2 aromatic rings. The second-order valence-corrected chi connectivity index (χ2v) is 3.98. The Balaban J connectivity index is 2.09. The monoisotopic (exact) mass is 215 g/mol. The van der Waals surface area contributed by atoms with Crippen LogP contribution in [0.25, 0.3) is 0 Å². The molecule has 0 aliphatic heterocycles. The van der Waals surface area contributed by atoms with Crippen molar-refractivity contribution in [1.29, 1.82) is 0 Å². The fourth-order valence-electron chi connectivity index (χ4n) is 1.97. The van der Waals surface area contributed by atoms with Gasteiger partial charge in [0.2, 0.25) is 0 Å². The zero-order valence-electron chi connectivity index (χ0n) is 9.30. The molecule has 1 heterocycles. The molecular formula is C14H17NO. The Labute approximate surface area is 96.1 Å². The Hall–Kier alpha value is -1.54. The van der Waals surface area contributed by atoms with Crippen molar-refractivity contribution < 1.29 is 4.42 Å². The Bertz CT molecular complexity index is 394. The number of hydrogen-bond donors (Lipinski definition) is 1. The van der Waals surface area contributed by atoms with Crippen LogP contribution in [0.2, 0.25) is 0 Å². The molecule has 0 unspecified atom stereocenters. The van der Waals surface area contributed by atoms with E-state index < -0.39 is 0 Å². The molecule has 0 aliphatic carbocycles. The largest absolute Gasteiger partial charge is 0.469 e. The molecule has 1 aromatic heterocycles. The molecule has 0 amide bonds. The topological polar surface area (TPSA) is 39.2 Å². The van der Waals surface area contributed by atoms with Crippen LogP contribution in [0.3, 0.4) is 0 Å². The number of hydrogen-bond acceptors (Lipinski definition) is 2. The Kier molecular flexibility index (Phi) is 3.78. The van der Waals surface area contributed by atoms with Gasteiger partial charge in [0.25, 0.3) is 0 Å². The first-order chi connectivity index (χ1) is 7.90. The van der Waals surface area contributed by atoms with Crippen LogP contribution >= 0.6 is 0 Å². The maximum atomic E-state index is 5.65. The highest BCUT2D eigenvalue weighted by Crippen LogP contribution is 2.24. The second-order valence-electron chi connectivity index (χ2n) is 3.98. The fourth-order valence-corrected chi connectivity index (χ4v) is 1.97. The average Bonchev–Trinajstić information content (AvgIpc) is 2.83. The molecule has 1 aromatic carbocycles. The molecule has 2 N–H and O–H groups in total. The quantitative estimate of drug-likeness (QED) is 0.832. The first kappa shape index (κ1) is 11.0. The van der Waals surface area contributed by atoms with Crippen LogP contribution in [0.15, 0.2) is 53.1 Å². The summed E-state index contributed by atoms with van der Waals surface area (Å²) >= 11 is 0. The van der Waals surface area contributed by atoms with Crippen molar-refractivity contribution in [2.24, 2.45) is 5.73 Å². The zero-order chi connectivity index (χ0) is 11.2. The third-order valence-corrected chi connectivity index (χ3v) is 2.79. The lowest BCUT2D eigenvalue weighted by Crippen LogP contribution is -2.09. The van der Waals surface area contributed by atoms with Crippen LogP contribution in [0, 0.1) is 0 Å². The molecule has 0 fully saturated rings. The first-order valence-corrected chi connectivity index (χ1v) is 5.67. The molecule has 0 bridgehead atoms. The van der Waals surface area contributed by atoms with E-state index in [2.05, 4.69) is 24.3 Å². The van der Waals surface area contributed by atoms with Crippen LogP contribution in [-0.2, 0) is 6.42 Å². The summed E-state index contributed by atoms with van der Waals surface area (Å²) in [6.07, 6.45) is 3.68. The maximum absolute atomic E-state index is 5.65. The molecule has 0 aliphatic rings. The summed E-state index contributed by atoms with van der Waals surface area (Å²) in [5, 5.41) is 0. The number of furan rings is 1. The molecule has 16 heavy (non-hydrogen) atoms. The van der Waals surface area contributed by atoms with Gasteiger partial charge in [0.15, 0.2) is 0 Å². The summed E-state index contributed by atoms with van der Waals surface area (Å²) in [5.74, 6) is 1.43. The second kappa shape index (κ2) is 5.52. The van der Waals surface area contributed by atoms with Crippen molar-refractivity contribution in [1.82, 2.24) is 0 Å². The van der Waals surface area contributed by atoms with Gasteiger partial charge < -0.3 is 10.2 Å². The molecule has 0 radical (unpaired) electrons. The van der Waals surface area contributed by atoms with Crippen molar-refractivity contribution >= 4 is 0 Å². The Morgan fingerprint density at radius 1 is 1.06 bits per heavy atom. The van der Waals surface area contributed by atoms with E-state index in [4.69, 9.17) is 10.2 Å². The van der Waals surface area contributed by atoms with E-state index in [0.717, 1.165) is 18.6 Å². The van der Waals surface area contributed by atoms with Gasteiger partial charge in [0.05, 0.1) is 6.26 Å². The highest BCUT2D eigenvalue weighted by atomic mass is 16.3. The van der Waals surface area contributed by atoms with Crippen LogP contribution < -0.4 is 5.73 Å². The lowest BCUT2D eigenvalue weighted by Gasteiger charge is -2.13. The van der Waals surface area contributed by atoms with Gasteiger partial charge in [-0.25, -0.2) is 0 Å². The molecule has 0 spiro atoms. The lowest BCUT2D eigenvalue weighted by atomic mass is 9.94. The van der Waals surface area contributed by atoms with E-state index in [-0.39, 0.29) is 0 Å². The van der Waals surface area contributed by atoms with E-state index in [1.54, 1.807) is 6.26 Å². The van der Waals surface area contributed by atoms with Crippen molar-refractivity contribution in [2.75, 3.05) is 6.54 Å². The SMILES string of the molecule is NCC[C@H](Cc1ccccc1)c1ccco1. The van der Waals surface area contributed by atoms with Crippen LogP contribution in [0.4, 0.5) is 0 Å². The van der Waals surface area contributed by atoms with Crippen molar-refractivity contribution in [3.05, 3.63) is 60.1 Å². The predicted molar refractivity (Wildman–Crippen MR) is 65.3 cm³/mol. The molecule has 2 heteroatoms. The molecular weight excluding hydrogens is 198 g/mol. The van der Waals surface area contributed by atoms with Gasteiger partial charge in [-0.1, -0.05) is 30.3 Å². The van der Waals surface area contributed by atoms with E-state index in [1.165, 1.54) is 5.56 Å². The van der Waals surface area contributed by atoms with E-state index >= 15 is 0 Å². The summed E-state index contributed by atoms with van der Waals surface area (Å²) in [6, 6.07) is 14.4. The van der Waals surface area contributed by atoms with Crippen LogP contribution in [-0.4, -0.2) is 6.54 Å².